The molecule has 0 radical (unpaired) electrons. The van der Waals surface area contributed by atoms with Gasteiger partial charge in [-0.25, -0.2) is 0 Å². The van der Waals surface area contributed by atoms with Crippen LogP contribution in [0.4, 0.5) is 0 Å². The lowest BCUT2D eigenvalue weighted by molar-refractivity contribution is -0.143. The third-order valence-electron chi connectivity index (χ3n) is 3.53. The Bertz CT molecular complexity index is 377. The molecule has 1 aliphatic rings. The zero-order chi connectivity index (χ0) is 11.6. The van der Waals surface area contributed by atoms with Crippen LogP contribution in [0.2, 0.25) is 0 Å². The van der Waals surface area contributed by atoms with Gasteiger partial charge in [0, 0.05) is 6.54 Å². The Morgan fingerprint density at radius 2 is 2.12 bits per heavy atom. The number of hydrogen-bond donors (Lipinski definition) is 1. The molecule has 16 heavy (non-hydrogen) atoms. The maximum absolute atomic E-state index is 11.6. The fourth-order valence-corrected chi connectivity index (χ4v) is 2.45. The van der Waals surface area contributed by atoms with Gasteiger partial charge in [-0.15, -0.1) is 0 Å². The molecule has 0 spiro atoms. The van der Waals surface area contributed by atoms with E-state index >= 15 is 0 Å². The van der Waals surface area contributed by atoms with Crippen molar-refractivity contribution < 1.29 is 9.90 Å². The predicted octanol–water partition coefficient (Wildman–Crippen LogP) is 1.73. The van der Waals surface area contributed by atoms with Crippen molar-refractivity contribution in [3.05, 3.63) is 35.9 Å². The summed E-state index contributed by atoms with van der Waals surface area (Å²) in [5, 5.41) is 9.50. The number of rotatable bonds is 3. The van der Waals surface area contributed by atoms with Crippen molar-refractivity contribution in [2.75, 3.05) is 19.6 Å². The number of likely N-dealkylation sites (N-methyl/N-ethyl adjacent to an activating group) is 1. The highest BCUT2D eigenvalue weighted by Gasteiger charge is 2.45. The second-order valence-corrected chi connectivity index (χ2v) is 4.37. The Kier molecular flexibility index (Phi) is 2.97. The summed E-state index contributed by atoms with van der Waals surface area (Å²) in [5.74, 6) is -0.699. The minimum Gasteiger partial charge on any atom is -0.481 e. The van der Waals surface area contributed by atoms with E-state index in [0.29, 0.717) is 13.0 Å². The van der Waals surface area contributed by atoms with E-state index in [0.717, 1.165) is 18.7 Å². The Labute approximate surface area is 95.7 Å². The van der Waals surface area contributed by atoms with E-state index in [1.54, 1.807) is 0 Å². The fraction of sp³-hybridized carbons (Fsp3) is 0.462. The molecule has 1 saturated heterocycles. The maximum Gasteiger partial charge on any atom is 0.315 e. The van der Waals surface area contributed by atoms with Gasteiger partial charge in [-0.3, -0.25) is 4.79 Å². The molecule has 1 aliphatic heterocycles. The smallest absolute Gasteiger partial charge is 0.315 e. The first-order valence-corrected chi connectivity index (χ1v) is 5.70. The molecule has 1 atom stereocenters. The molecule has 1 aromatic carbocycles. The van der Waals surface area contributed by atoms with Crippen LogP contribution in [0.3, 0.4) is 0 Å². The fourth-order valence-electron chi connectivity index (χ4n) is 2.45. The highest BCUT2D eigenvalue weighted by atomic mass is 16.4. The summed E-state index contributed by atoms with van der Waals surface area (Å²) in [7, 11) is 0. The first-order valence-electron chi connectivity index (χ1n) is 5.70. The van der Waals surface area contributed by atoms with Crippen LogP contribution in [-0.4, -0.2) is 35.6 Å². The molecule has 3 heteroatoms. The zero-order valence-corrected chi connectivity index (χ0v) is 9.52. The van der Waals surface area contributed by atoms with E-state index in [4.69, 9.17) is 0 Å². The van der Waals surface area contributed by atoms with E-state index in [1.165, 1.54) is 0 Å². The maximum atomic E-state index is 11.6. The molecule has 2 rings (SSSR count). The molecule has 3 nitrogen and oxygen atoms in total. The van der Waals surface area contributed by atoms with Crippen molar-refractivity contribution >= 4 is 5.97 Å². The highest BCUT2D eigenvalue weighted by Crippen LogP contribution is 2.34. The number of benzene rings is 1. The van der Waals surface area contributed by atoms with Crippen LogP contribution in [0.5, 0.6) is 0 Å². The van der Waals surface area contributed by atoms with E-state index in [1.807, 2.05) is 30.3 Å². The molecule has 1 N–H and O–H groups in total. The van der Waals surface area contributed by atoms with Crippen molar-refractivity contribution in [2.45, 2.75) is 18.8 Å². The normalized spacial score (nSPS) is 25.8. The number of aliphatic carboxylic acids is 1. The number of carboxylic acids is 1. The average molecular weight is 219 g/mol. The van der Waals surface area contributed by atoms with Gasteiger partial charge < -0.3 is 10.0 Å². The van der Waals surface area contributed by atoms with Gasteiger partial charge in [0.1, 0.15) is 5.41 Å². The largest absolute Gasteiger partial charge is 0.481 e. The molecule has 0 saturated carbocycles. The van der Waals surface area contributed by atoms with Gasteiger partial charge in [0.05, 0.1) is 0 Å². The second kappa shape index (κ2) is 4.26. The number of carboxylic acid groups (broad SMARTS) is 1. The summed E-state index contributed by atoms with van der Waals surface area (Å²) in [4.78, 5) is 13.8. The molecule has 0 amide bonds. The molecular weight excluding hydrogens is 202 g/mol. The van der Waals surface area contributed by atoms with Crippen molar-refractivity contribution in [3.63, 3.8) is 0 Å². The lowest BCUT2D eigenvalue weighted by atomic mass is 9.80. The average Bonchev–Trinajstić information content (AvgIpc) is 2.75. The number of nitrogens with zero attached hydrogens (tertiary/aromatic N) is 1. The summed E-state index contributed by atoms with van der Waals surface area (Å²) < 4.78 is 0. The number of likely N-dealkylation sites (tertiary alicyclic amines) is 1. The van der Waals surface area contributed by atoms with Crippen molar-refractivity contribution in [1.29, 1.82) is 0 Å². The van der Waals surface area contributed by atoms with E-state index in [2.05, 4.69) is 11.8 Å². The van der Waals surface area contributed by atoms with Crippen LogP contribution in [-0.2, 0) is 10.2 Å². The molecule has 0 bridgehead atoms. The van der Waals surface area contributed by atoms with Gasteiger partial charge in [-0.2, -0.15) is 0 Å². The van der Waals surface area contributed by atoms with Gasteiger partial charge in [0.2, 0.25) is 0 Å². The Hall–Kier alpha value is -1.35. The SMILES string of the molecule is CCN1CCC(C(=O)O)(c2ccccc2)C1. The van der Waals surface area contributed by atoms with Crippen LogP contribution >= 0.6 is 0 Å². The topological polar surface area (TPSA) is 40.5 Å². The Morgan fingerprint density at radius 3 is 2.62 bits per heavy atom. The van der Waals surface area contributed by atoms with Crippen LogP contribution in [0.15, 0.2) is 30.3 Å². The predicted molar refractivity (Wildman–Crippen MR) is 62.5 cm³/mol. The van der Waals surface area contributed by atoms with E-state index in [-0.39, 0.29) is 0 Å². The number of carbonyl (C=O) groups is 1. The summed E-state index contributed by atoms with van der Waals surface area (Å²) in [6.07, 6.45) is 0.709. The van der Waals surface area contributed by atoms with E-state index < -0.39 is 11.4 Å². The molecule has 86 valence electrons. The molecular formula is C13H17NO2. The monoisotopic (exact) mass is 219 g/mol. The molecule has 0 aromatic heterocycles. The molecule has 1 heterocycles. The first kappa shape index (κ1) is 11.1. The highest BCUT2D eigenvalue weighted by molar-refractivity contribution is 5.82. The lowest BCUT2D eigenvalue weighted by Gasteiger charge is -2.25. The van der Waals surface area contributed by atoms with Gasteiger partial charge in [-0.1, -0.05) is 37.3 Å². The quantitative estimate of drug-likeness (QED) is 0.841. The van der Waals surface area contributed by atoms with Crippen LogP contribution in [0, 0.1) is 0 Å². The molecule has 1 fully saturated rings. The van der Waals surface area contributed by atoms with Gasteiger partial charge in [0.15, 0.2) is 0 Å². The molecule has 1 unspecified atom stereocenters. The minimum atomic E-state index is -0.699. The van der Waals surface area contributed by atoms with Gasteiger partial charge in [0.25, 0.3) is 0 Å². The number of hydrogen-bond acceptors (Lipinski definition) is 2. The zero-order valence-electron chi connectivity index (χ0n) is 9.52. The molecule has 0 aliphatic carbocycles. The lowest BCUT2D eigenvalue weighted by Crippen LogP contribution is -2.38. The van der Waals surface area contributed by atoms with Crippen molar-refractivity contribution in [1.82, 2.24) is 4.90 Å². The third-order valence-corrected chi connectivity index (χ3v) is 3.53. The minimum absolute atomic E-state index is 0.628. The summed E-state index contributed by atoms with van der Waals surface area (Å²) in [5.41, 5.74) is 0.232. The third kappa shape index (κ3) is 1.71. The molecule has 1 aromatic rings. The summed E-state index contributed by atoms with van der Waals surface area (Å²) in [6, 6.07) is 9.59. The van der Waals surface area contributed by atoms with Crippen LogP contribution < -0.4 is 0 Å². The van der Waals surface area contributed by atoms with Gasteiger partial charge in [-0.05, 0) is 25.1 Å². The van der Waals surface area contributed by atoms with Crippen LogP contribution in [0.25, 0.3) is 0 Å². The second-order valence-electron chi connectivity index (χ2n) is 4.37. The standard InChI is InChI=1S/C13H17NO2/c1-2-14-9-8-13(10-14,12(15)16)11-6-4-3-5-7-11/h3-7H,2,8-10H2,1H3,(H,15,16). The summed E-state index contributed by atoms with van der Waals surface area (Å²) in [6.45, 7) is 4.49. The van der Waals surface area contributed by atoms with E-state index in [9.17, 15) is 9.90 Å². The van der Waals surface area contributed by atoms with Gasteiger partial charge >= 0.3 is 5.97 Å². The van der Waals surface area contributed by atoms with Crippen molar-refractivity contribution in [2.24, 2.45) is 0 Å². The first-order chi connectivity index (χ1) is 7.69. The Balaban J connectivity index is 2.35. The van der Waals surface area contributed by atoms with Crippen molar-refractivity contribution in [3.8, 4) is 0 Å². The van der Waals surface area contributed by atoms with Crippen LogP contribution in [0.1, 0.15) is 18.9 Å². The Morgan fingerprint density at radius 1 is 1.44 bits per heavy atom. The summed E-state index contributed by atoms with van der Waals surface area (Å²) >= 11 is 0.